The minimum absolute atomic E-state index is 0.342. The Bertz CT molecular complexity index is 227. The maximum atomic E-state index is 9.92. The molecule has 1 atom stereocenters. The molecule has 2 rings (SSSR count). The van der Waals surface area contributed by atoms with Crippen LogP contribution in [0.5, 0.6) is 0 Å². The molecule has 0 aromatic rings. The summed E-state index contributed by atoms with van der Waals surface area (Å²) in [4.78, 5) is 0. The van der Waals surface area contributed by atoms with Gasteiger partial charge in [0.05, 0.1) is 12.7 Å². The zero-order valence-electron chi connectivity index (χ0n) is 12.4. The second-order valence-corrected chi connectivity index (χ2v) is 6.40. The molecule has 2 fully saturated rings. The van der Waals surface area contributed by atoms with Gasteiger partial charge in [0, 0.05) is 19.2 Å². The molecule has 112 valence electrons. The molecule has 3 heteroatoms. The van der Waals surface area contributed by atoms with Crippen molar-refractivity contribution in [1.29, 1.82) is 0 Å². The second kappa shape index (κ2) is 8.23. The monoisotopic (exact) mass is 269 g/mol. The van der Waals surface area contributed by atoms with E-state index in [1.165, 1.54) is 44.9 Å². The van der Waals surface area contributed by atoms with E-state index in [1.807, 2.05) is 0 Å². The van der Waals surface area contributed by atoms with E-state index in [9.17, 15) is 5.11 Å². The summed E-state index contributed by atoms with van der Waals surface area (Å²) in [5, 5.41) is 13.5. The van der Waals surface area contributed by atoms with Gasteiger partial charge in [-0.2, -0.15) is 0 Å². The number of ether oxygens (including phenoxy) is 1. The first-order valence-electron chi connectivity index (χ1n) is 8.30. The SMILES string of the molecule is CCCCCCOCC(O)CNC(C1CC1)C1CC1. The van der Waals surface area contributed by atoms with Crippen LogP contribution in [0, 0.1) is 11.8 Å². The predicted molar refractivity (Wildman–Crippen MR) is 78.2 cm³/mol. The van der Waals surface area contributed by atoms with E-state index >= 15 is 0 Å². The number of hydrogen-bond donors (Lipinski definition) is 2. The van der Waals surface area contributed by atoms with Crippen molar-refractivity contribution >= 4 is 0 Å². The third kappa shape index (κ3) is 6.24. The van der Waals surface area contributed by atoms with Gasteiger partial charge in [-0.1, -0.05) is 26.2 Å². The van der Waals surface area contributed by atoms with Crippen LogP contribution in [0.2, 0.25) is 0 Å². The van der Waals surface area contributed by atoms with Gasteiger partial charge in [-0.05, 0) is 43.9 Å². The molecule has 0 aliphatic heterocycles. The number of hydrogen-bond acceptors (Lipinski definition) is 3. The molecule has 0 bridgehead atoms. The number of aliphatic hydroxyl groups excluding tert-OH is 1. The van der Waals surface area contributed by atoms with Crippen molar-refractivity contribution in [3.05, 3.63) is 0 Å². The Morgan fingerprint density at radius 1 is 1.11 bits per heavy atom. The van der Waals surface area contributed by atoms with E-state index in [0.29, 0.717) is 19.2 Å². The van der Waals surface area contributed by atoms with Crippen molar-refractivity contribution in [2.45, 2.75) is 70.4 Å². The van der Waals surface area contributed by atoms with E-state index in [-0.39, 0.29) is 6.10 Å². The Hall–Kier alpha value is -0.120. The number of nitrogens with one attached hydrogen (secondary N) is 1. The van der Waals surface area contributed by atoms with E-state index < -0.39 is 0 Å². The standard InChI is InChI=1S/C16H31NO2/c1-2-3-4-5-10-19-12-15(18)11-17-16(13-6-7-13)14-8-9-14/h13-18H,2-12H2,1H3. The zero-order chi connectivity index (χ0) is 13.5. The van der Waals surface area contributed by atoms with Gasteiger partial charge >= 0.3 is 0 Å². The molecule has 3 nitrogen and oxygen atoms in total. The van der Waals surface area contributed by atoms with E-state index in [4.69, 9.17) is 4.74 Å². The summed E-state index contributed by atoms with van der Waals surface area (Å²) in [5.41, 5.74) is 0. The fraction of sp³-hybridized carbons (Fsp3) is 1.00. The number of unbranched alkanes of at least 4 members (excludes halogenated alkanes) is 3. The first kappa shape index (κ1) is 15.3. The third-order valence-electron chi connectivity index (χ3n) is 4.30. The summed E-state index contributed by atoms with van der Waals surface area (Å²) in [6.07, 6.45) is 10.1. The van der Waals surface area contributed by atoms with Crippen LogP contribution < -0.4 is 5.32 Å². The lowest BCUT2D eigenvalue weighted by molar-refractivity contribution is 0.0334. The van der Waals surface area contributed by atoms with Gasteiger partial charge in [-0.25, -0.2) is 0 Å². The van der Waals surface area contributed by atoms with E-state index in [1.54, 1.807) is 0 Å². The predicted octanol–water partition coefficient (Wildman–Crippen LogP) is 2.72. The van der Waals surface area contributed by atoms with Crippen molar-refractivity contribution in [3.8, 4) is 0 Å². The molecular formula is C16H31NO2. The summed E-state index contributed by atoms with van der Waals surface area (Å²) >= 11 is 0. The molecule has 2 N–H and O–H groups in total. The van der Waals surface area contributed by atoms with Gasteiger partial charge in [0.2, 0.25) is 0 Å². The first-order valence-corrected chi connectivity index (χ1v) is 8.30. The van der Waals surface area contributed by atoms with Crippen molar-refractivity contribution in [2.24, 2.45) is 11.8 Å². The molecule has 0 aromatic heterocycles. The van der Waals surface area contributed by atoms with Crippen molar-refractivity contribution in [2.75, 3.05) is 19.8 Å². The van der Waals surface area contributed by atoms with E-state index in [2.05, 4.69) is 12.2 Å². The normalized spacial score (nSPS) is 21.0. The second-order valence-electron chi connectivity index (χ2n) is 6.40. The lowest BCUT2D eigenvalue weighted by Gasteiger charge is -2.20. The van der Waals surface area contributed by atoms with Gasteiger partial charge in [-0.3, -0.25) is 0 Å². The highest BCUT2D eigenvalue weighted by molar-refractivity contribution is 4.96. The summed E-state index contributed by atoms with van der Waals surface area (Å²) in [6.45, 7) is 4.20. The van der Waals surface area contributed by atoms with Crippen LogP contribution in [0.1, 0.15) is 58.3 Å². The Morgan fingerprint density at radius 3 is 2.37 bits per heavy atom. The quantitative estimate of drug-likeness (QED) is 0.535. The molecule has 0 aromatic carbocycles. The average molecular weight is 269 g/mol. The largest absolute Gasteiger partial charge is 0.389 e. The highest BCUT2D eigenvalue weighted by Gasteiger charge is 2.41. The van der Waals surface area contributed by atoms with Gasteiger partial charge in [0.25, 0.3) is 0 Å². The van der Waals surface area contributed by atoms with Crippen LogP contribution in [0.25, 0.3) is 0 Å². The lowest BCUT2D eigenvalue weighted by Crippen LogP contribution is -2.40. The Balaban J connectivity index is 1.46. The van der Waals surface area contributed by atoms with Crippen molar-refractivity contribution in [3.63, 3.8) is 0 Å². The lowest BCUT2D eigenvalue weighted by atomic mass is 10.1. The molecule has 2 saturated carbocycles. The highest BCUT2D eigenvalue weighted by Crippen LogP contribution is 2.44. The molecule has 2 aliphatic carbocycles. The first-order chi connectivity index (χ1) is 9.31. The maximum absolute atomic E-state index is 9.92. The average Bonchev–Trinajstić information content (AvgIpc) is 3.27. The molecular weight excluding hydrogens is 238 g/mol. The van der Waals surface area contributed by atoms with Crippen LogP contribution in [-0.2, 0) is 4.74 Å². The summed E-state index contributed by atoms with van der Waals surface area (Å²) in [7, 11) is 0. The van der Waals surface area contributed by atoms with E-state index in [0.717, 1.165) is 24.9 Å². The van der Waals surface area contributed by atoms with Gasteiger partial charge in [0.1, 0.15) is 0 Å². The smallest absolute Gasteiger partial charge is 0.0897 e. The Morgan fingerprint density at radius 2 is 1.79 bits per heavy atom. The summed E-state index contributed by atoms with van der Waals surface area (Å²) in [6, 6.07) is 0.680. The molecule has 0 amide bonds. The maximum Gasteiger partial charge on any atom is 0.0897 e. The fourth-order valence-corrected chi connectivity index (χ4v) is 2.81. The molecule has 0 saturated heterocycles. The number of aliphatic hydroxyl groups is 1. The molecule has 2 aliphatic rings. The minimum Gasteiger partial charge on any atom is -0.389 e. The summed E-state index contributed by atoms with van der Waals surface area (Å²) < 4.78 is 5.54. The molecule has 0 spiro atoms. The number of rotatable bonds is 12. The van der Waals surface area contributed by atoms with Crippen LogP contribution in [0.15, 0.2) is 0 Å². The molecule has 0 radical (unpaired) electrons. The third-order valence-corrected chi connectivity index (χ3v) is 4.30. The molecule has 19 heavy (non-hydrogen) atoms. The van der Waals surface area contributed by atoms with Crippen LogP contribution in [-0.4, -0.2) is 37.0 Å². The van der Waals surface area contributed by atoms with Crippen LogP contribution in [0.3, 0.4) is 0 Å². The van der Waals surface area contributed by atoms with Crippen molar-refractivity contribution < 1.29 is 9.84 Å². The topological polar surface area (TPSA) is 41.5 Å². The van der Waals surface area contributed by atoms with Gasteiger partial charge in [-0.15, -0.1) is 0 Å². The highest BCUT2D eigenvalue weighted by atomic mass is 16.5. The Kier molecular flexibility index (Phi) is 6.62. The van der Waals surface area contributed by atoms with Crippen LogP contribution in [0.4, 0.5) is 0 Å². The minimum atomic E-state index is -0.342. The summed E-state index contributed by atoms with van der Waals surface area (Å²) in [5.74, 6) is 1.80. The fourth-order valence-electron chi connectivity index (χ4n) is 2.81. The van der Waals surface area contributed by atoms with Gasteiger partial charge < -0.3 is 15.2 Å². The molecule has 0 heterocycles. The molecule has 1 unspecified atom stereocenters. The Labute approximate surface area is 118 Å². The van der Waals surface area contributed by atoms with Crippen LogP contribution >= 0.6 is 0 Å². The van der Waals surface area contributed by atoms with Gasteiger partial charge in [0.15, 0.2) is 0 Å². The van der Waals surface area contributed by atoms with Crippen molar-refractivity contribution in [1.82, 2.24) is 5.32 Å². The zero-order valence-corrected chi connectivity index (χ0v) is 12.4.